The lowest BCUT2D eigenvalue weighted by Gasteiger charge is -2.02. The molecule has 0 aliphatic rings. The average molecular weight is 348 g/mol. The molecule has 7 nitrogen and oxygen atoms in total. The van der Waals surface area contributed by atoms with Gasteiger partial charge in [-0.05, 0) is 37.3 Å². The van der Waals surface area contributed by atoms with Gasteiger partial charge >= 0.3 is 5.97 Å². The highest BCUT2D eigenvalue weighted by molar-refractivity contribution is 5.93. The van der Waals surface area contributed by atoms with Crippen LogP contribution >= 0.6 is 0 Å². The number of hydrogen-bond donors (Lipinski definition) is 0. The number of aromatic nitrogens is 4. The van der Waals surface area contributed by atoms with Gasteiger partial charge in [0.1, 0.15) is 5.82 Å². The van der Waals surface area contributed by atoms with E-state index in [-0.39, 0.29) is 12.5 Å². The van der Waals surface area contributed by atoms with Crippen LogP contribution in [0.15, 0.2) is 52.9 Å². The number of imidazole rings is 1. The standard InChI is InChI=1S/C19H16N4O3/c1-12-20-15-10-14(8-9-16(15)23(12)2)19(24)25-11-17-21-22-18(26-17)13-6-4-3-5-7-13/h3-10H,11H2,1-2H3. The molecule has 0 saturated carbocycles. The minimum Gasteiger partial charge on any atom is -0.452 e. The van der Waals surface area contributed by atoms with Crippen LogP contribution in [0.4, 0.5) is 0 Å². The third kappa shape index (κ3) is 2.95. The van der Waals surface area contributed by atoms with Crippen molar-refractivity contribution in [3.63, 3.8) is 0 Å². The molecule has 4 aromatic rings. The van der Waals surface area contributed by atoms with Crippen molar-refractivity contribution < 1.29 is 13.9 Å². The summed E-state index contributed by atoms with van der Waals surface area (Å²) in [4.78, 5) is 16.7. The lowest BCUT2D eigenvalue weighted by Crippen LogP contribution is -2.05. The molecule has 7 heteroatoms. The highest BCUT2D eigenvalue weighted by Crippen LogP contribution is 2.19. The summed E-state index contributed by atoms with van der Waals surface area (Å²) in [5, 5.41) is 7.88. The van der Waals surface area contributed by atoms with Crippen LogP contribution in [0.5, 0.6) is 0 Å². The van der Waals surface area contributed by atoms with E-state index in [4.69, 9.17) is 9.15 Å². The van der Waals surface area contributed by atoms with Gasteiger partial charge in [0, 0.05) is 12.6 Å². The zero-order valence-electron chi connectivity index (χ0n) is 14.3. The second-order valence-corrected chi connectivity index (χ2v) is 5.86. The van der Waals surface area contributed by atoms with Gasteiger partial charge in [-0.25, -0.2) is 9.78 Å². The first-order chi connectivity index (χ1) is 12.6. The molecule has 0 bridgehead atoms. The van der Waals surface area contributed by atoms with Crippen LogP contribution in [0.3, 0.4) is 0 Å². The molecule has 0 radical (unpaired) electrons. The summed E-state index contributed by atoms with van der Waals surface area (Å²) in [6.07, 6.45) is 0. The molecule has 0 aliphatic carbocycles. The number of ether oxygens (including phenoxy) is 1. The van der Waals surface area contributed by atoms with Crippen molar-refractivity contribution in [1.29, 1.82) is 0 Å². The lowest BCUT2D eigenvalue weighted by atomic mass is 10.2. The van der Waals surface area contributed by atoms with Crippen molar-refractivity contribution in [3.05, 3.63) is 65.8 Å². The van der Waals surface area contributed by atoms with Gasteiger partial charge in [0.15, 0.2) is 6.61 Å². The van der Waals surface area contributed by atoms with Crippen molar-refractivity contribution in [1.82, 2.24) is 19.7 Å². The Balaban J connectivity index is 1.46. The molecule has 0 fully saturated rings. The Morgan fingerprint density at radius 3 is 2.77 bits per heavy atom. The predicted molar refractivity (Wildman–Crippen MR) is 94.3 cm³/mol. The fourth-order valence-corrected chi connectivity index (χ4v) is 2.67. The van der Waals surface area contributed by atoms with Crippen LogP contribution in [0, 0.1) is 6.92 Å². The number of fused-ring (bicyclic) bond motifs is 1. The van der Waals surface area contributed by atoms with E-state index >= 15 is 0 Å². The van der Waals surface area contributed by atoms with E-state index < -0.39 is 5.97 Å². The zero-order valence-corrected chi connectivity index (χ0v) is 14.3. The molecule has 2 aromatic heterocycles. The monoisotopic (exact) mass is 348 g/mol. The predicted octanol–water partition coefficient (Wildman–Crippen LogP) is 3.29. The van der Waals surface area contributed by atoms with E-state index in [2.05, 4.69) is 15.2 Å². The molecule has 2 heterocycles. The molecule has 0 atom stereocenters. The van der Waals surface area contributed by atoms with E-state index in [0.29, 0.717) is 11.5 Å². The van der Waals surface area contributed by atoms with E-state index in [1.54, 1.807) is 12.1 Å². The van der Waals surface area contributed by atoms with Gasteiger partial charge in [-0.1, -0.05) is 18.2 Å². The maximum atomic E-state index is 12.3. The zero-order chi connectivity index (χ0) is 18.1. The second kappa shape index (κ2) is 6.44. The molecular formula is C19H16N4O3. The number of carbonyl (C=O) groups is 1. The number of rotatable bonds is 4. The van der Waals surface area contributed by atoms with E-state index in [1.807, 2.05) is 54.9 Å². The molecule has 0 saturated heterocycles. The van der Waals surface area contributed by atoms with Crippen LogP contribution < -0.4 is 0 Å². The van der Waals surface area contributed by atoms with Gasteiger partial charge in [0.2, 0.25) is 5.89 Å². The third-order valence-corrected chi connectivity index (χ3v) is 4.15. The first-order valence-electron chi connectivity index (χ1n) is 8.10. The van der Waals surface area contributed by atoms with Crippen molar-refractivity contribution in [3.8, 4) is 11.5 Å². The van der Waals surface area contributed by atoms with E-state index in [0.717, 1.165) is 22.4 Å². The fourth-order valence-electron chi connectivity index (χ4n) is 2.67. The van der Waals surface area contributed by atoms with Crippen LogP contribution in [0.25, 0.3) is 22.5 Å². The molecule has 130 valence electrons. The molecule has 4 rings (SSSR count). The van der Waals surface area contributed by atoms with Crippen LogP contribution in [0.2, 0.25) is 0 Å². The average Bonchev–Trinajstić information content (AvgIpc) is 3.25. The minimum absolute atomic E-state index is 0.0854. The van der Waals surface area contributed by atoms with Crippen LogP contribution in [0.1, 0.15) is 22.1 Å². The number of esters is 1. The Morgan fingerprint density at radius 2 is 1.96 bits per heavy atom. The molecule has 0 amide bonds. The first kappa shape index (κ1) is 16.0. The maximum Gasteiger partial charge on any atom is 0.338 e. The number of carbonyl (C=O) groups excluding carboxylic acids is 1. The maximum absolute atomic E-state index is 12.3. The summed E-state index contributed by atoms with van der Waals surface area (Å²) in [6, 6.07) is 14.7. The number of nitrogens with zero attached hydrogens (tertiary/aromatic N) is 4. The quantitative estimate of drug-likeness (QED) is 0.526. The SMILES string of the molecule is Cc1nc2cc(C(=O)OCc3nnc(-c4ccccc4)o3)ccc2n1C. The summed E-state index contributed by atoms with van der Waals surface area (Å²) in [6.45, 7) is 1.83. The molecule has 0 unspecified atom stereocenters. The molecule has 0 spiro atoms. The Labute approximate surface area is 149 Å². The minimum atomic E-state index is -0.463. The number of benzene rings is 2. The van der Waals surface area contributed by atoms with Gasteiger partial charge in [-0.15, -0.1) is 10.2 Å². The fraction of sp³-hybridized carbons (Fsp3) is 0.158. The van der Waals surface area contributed by atoms with Crippen LogP contribution in [-0.4, -0.2) is 25.7 Å². The van der Waals surface area contributed by atoms with Gasteiger partial charge in [0.25, 0.3) is 5.89 Å². The van der Waals surface area contributed by atoms with Gasteiger partial charge in [-0.2, -0.15) is 0 Å². The largest absolute Gasteiger partial charge is 0.452 e. The second-order valence-electron chi connectivity index (χ2n) is 5.86. The van der Waals surface area contributed by atoms with Crippen LogP contribution in [-0.2, 0) is 18.4 Å². The molecular weight excluding hydrogens is 332 g/mol. The molecule has 0 aliphatic heterocycles. The van der Waals surface area contributed by atoms with Crippen molar-refractivity contribution in [2.75, 3.05) is 0 Å². The van der Waals surface area contributed by atoms with Gasteiger partial charge in [-0.3, -0.25) is 0 Å². The van der Waals surface area contributed by atoms with Crippen molar-refractivity contribution in [2.24, 2.45) is 7.05 Å². The Kier molecular flexibility index (Phi) is 3.96. The lowest BCUT2D eigenvalue weighted by molar-refractivity contribution is 0.0439. The Bertz CT molecular complexity index is 1080. The van der Waals surface area contributed by atoms with Gasteiger partial charge < -0.3 is 13.7 Å². The van der Waals surface area contributed by atoms with Crippen molar-refractivity contribution >= 4 is 17.0 Å². The molecule has 26 heavy (non-hydrogen) atoms. The molecule has 0 N–H and O–H groups in total. The third-order valence-electron chi connectivity index (χ3n) is 4.15. The summed E-state index contributed by atoms with van der Waals surface area (Å²) in [5.41, 5.74) is 2.96. The Morgan fingerprint density at radius 1 is 1.15 bits per heavy atom. The normalized spacial score (nSPS) is 11.0. The summed E-state index contributed by atoms with van der Waals surface area (Å²) in [7, 11) is 1.93. The number of aryl methyl sites for hydroxylation is 2. The highest BCUT2D eigenvalue weighted by Gasteiger charge is 2.14. The topological polar surface area (TPSA) is 83.0 Å². The number of hydrogen-bond acceptors (Lipinski definition) is 6. The summed E-state index contributed by atoms with van der Waals surface area (Å²) in [5.74, 6) is 1.05. The smallest absolute Gasteiger partial charge is 0.338 e. The summed E-state index contributed by atoms with van der Waals surface area (Å²) >= 11 is 0. The van der Waals surface area contributed by atoms with E-state index in [1.165, 1.54) is 0 Å². The first-order valence-corrected chi connectivity index (χ1v) is 8.10. The van der Waals surface area contributed by atoms with E-state index in [9.17, 15) is 4.79 Å². The Hall–Kier alpha value is -3.48. The van der Waals surface area contributed by atoms with Gasteiger partial charge in [0.05, 0.1) is 16.6 Å². The highest BCUT2D eigenvalue weighted by atomic mass is 16.5. The summed E-state index contributed by atoms with van der Waals surface area (Å²) < 4.78 is 12.8. The van der Waals surface area contributed by atoms with Crippen molar-refractivity contribution in [2.45, 2.75) is 13.5 Å². The molecule has 2 aromatic carbocycles.